The second-order valence-corrected chi connectivity index (χ2v) is 7.18. The van der Waals surface area contributed by atoms with Crippen LogP contribution in [0.3, 0.4) is 0 Å². The van der Waals surface area contributed by atoms with Crippen molar-refractivity contribution in [1.82, 2.24) is 5.32 Å². The summed E-state index contributed by atoms with van der Waals surface area (Å²) >= 11 is 12.8. The molecule has 0 heterocycles. The van der Waals surface area contributed by atoms with Crippen LogP contribution >= 0.6 is 23.2 Å². The van der Waals surface area contributed by atoms with Gasteiger partial charge in [-0.15, -0.1) is 0 Å². The molecule has 1 aromatic rings. The first-order valence-electron chi connectivity index (χ1n) is 8.10. The van der Waals surface area contributed by atoms with Crippen LogP contribution in [-0.2, 0) is 6.42 Å². The quantitative estimate of drug-likeness (QED) is 0.575. The number of nitrogens with one attached hydrogen (secondary N) is 1. The third-order valence-corrected chi connectivity index (χ3v) is 5.02. The molecular formula is C18H29Cl2N. The van der Waals surface area contributed by atoms with Gasteiger partial charge in [0, 0.05) is 22.6 Å². The molecule has 0 saturated heterocycles. The lowest BCUT2D eigenvalue weighted by molar-refractivity contribution is 0.223. The molecule has 0 spiro atoms. The summed E-state index contributed by atoms with van der Waals surface area (Å²) in [5.74, 6) is 0. The molecule has 0 fully saturated rings. The Labute approximate surface area is 140 Å². The maximum Gasteiger partial charge on any atom is 0.0453 e. The lowest BCUT2D eigenvalue weighted by Crippen LogP contribution is -2.39. The second kappa shape index (κ2) is 9.02. The van der Waals surface area contributed by atoms with E-state index in [2.05, 4.69) is 33.0 Å². The SMILES string of the molecule is CCCCC(CC)(CNC(C)C)Cc1c(Cl)cccc1Cl. The van der Waals surface area contributed by atoms with Crippen molar-refractivity contribution in [2.45, 2.75) is 65.8 Å². The fourth-order valence-corrected chi connectivity index (χ4v) is 3.25. The van der Waals surface area contributed by atoms with Crippen LogP contribution in [0.1, 0.15) is 58.9 Å². The molecule has 0 aliphatic rings. The average Bonchev–Trinajstić information content (AvgIpc) is 2.45. The molecular weight excluding hydrogens is 301 g/mol. The van der Waals surface area contributed by atoms with Gasteiger partial charge in [0.25, 0.3) is 0 Å². The van der Waals surface area contributed by atoms with Crippen LogP contribution in [-0.4, -0.2) is 12.6 Å². The molecule has 120 valence electrons. The van der Waals surface area contributed by atoms with Crippen molar-refractivity contribution in [2.24, 2.45) is 5.41 Å². The highest BCUT2D eigenvalue weighted by Crippen LogP contribution is 2.37. The Bertz CT molecular complexity index is 411. The molecule has 1 atom stereocenters. The molecule has 1 N–H and O–H groups in total. The minimum atomic E-state index is 0.231. The van der Waals surface area contributed by atoms with Crippen LogP contribution in [0.2, 0.25) is 10.0 Å². The molecule has 0 radical (unpaired) electrons. The standard InChI is InChI=1S/C18H29Cl2N/c1-5-7-11-18(6-2,13-21-14(3)4)12-15-16(19)9-8-10-17(15)20/h8-10,14,21H,5-7,11-13H2,1-4H3. The molecule has 0 saturated carbocycles. The molecule has 3 heteroatoms. The van der Waals surface area contributed by atoms with Crippen molar-refractivity contribution in [3.05, 3.63) is 33.8 Å². The minimum absolute atomic E-state index is 0.231. The van der Waals surface area contributed by atoms with E-state index < -0.39 is 0 Å². The number of halogens is 2. The maximum absolute atomic E-state index is 6.38. The molecule has 0 bridgehead atoms. The van der Waals surface area contributed by atoms with E-state index in [1.165, 1.54) is 19.3 Å². The molecule has 0 aromatic heterocycles. The van der Waals surface area contributed by atoms with Gasteiger partial charge in [0.1, 0.15) is 0 Å². The van der Waals surface area contributed by atoms with Crippen molar-refractivity contribution in [3.63, 3.8) is 0 Å². The summed E-state index contributed by atoms with van der Waals surface area (Å²) in [7, 11) is 0. The summed E-state index contributed by atoms with van der Waals surface area (Å²) in [6.45, 7) is 9.94. The second-order valence-electron chi connectivity index (χ2n) is 6.37. The van der Waals surface area contributed by atoms with Gasteiger partial charge in [-0.05, 0) is 42.4 Å². The number of unbranched alkanes of at least 4 members (excludes halogenated alkanes) is 1. The maximum atomic E-state index is 6.38. The Morgan fingerprint density at radius 1 is 1.14 bits per heavy atom. The molecule has 1 aromatic carbocycles. The summed E-state index contributed by atoms with van der Waals surface area (Å²) in [5.41, 5.74) is 1.33. The van der Waals surface area contributed by atoms with Crippen molar-refractivity contribution in [1.29, 1.82) is 0 Å². The highest BCUT2D eigenvalue weighted by molar-refractivity contribution is 6.36. The van der Waals surface area contributed by atoms with E-state index >= 15 is 0 Å². The summed E-state index contributed by atoms with van der Waals surface area (Å²) in [6.07, 6.45) is 5.76. The van der Waals surface area contributed by atoms with Gasteiger partial charge in [0.05, 0.1) is 0 Å². The monoisotopic (exact) mass is 329 g/mol. The van der Waals surface area contributed by atoms with E-state index in [-0.39, 0.29) is 5.41 Å². The number of benzene rings is 1. The van der Waals surface area contributed by atoms with Gasteiger partial charge < -0.3 is 5.32 Å². The van der Waals surface area contributed by atoms with Crippen molar-refractivity contribution >= 4 is 23.2 Å². The Kier molecular flexibility index (Phi) is 8.08. The van der Waals surface area contributed by atoms with Gasteiger partial charge in [-0.25, -0.2) is 0 Å². The third kappa shape index (κ3) is 5.81. The molecule has 1 rings (SSSR count). The normalized spacial score (nSPS) is 14.4. The van der Waals surface area contributed by atoms with Gasteiger partial charge in [-0.1, -0.05) is 69.8 Å². The first-order valence-corrected chi connectivity index (χ1v) is 8.86. The number of hydrogen-bond donors (Lipinski definition) is 1. The first kappa shape index (κ1) is 18.8. The first-order chi connectivity index (χ1) is 9.94. The van der Waals surface area contributed by atoms with Crippen molar-refractivity contribution in [3.8, 4) is 0 Å². The van der Waals surface area contributed by atoms with Crippen LogP contribution in [0, 0.1) is 5.41 Å². The van der Waals surface area contributed by atoms with Crippen molar-refractivity contribution in [2.75, 3.05) is 6.54 Å². The largest absolute Gasteiger partial charge is 0.314 e. The fourth-order valence-electron chi connectivity index (χ4n) is 2.71. The number of rotatable bonds is 9. The van der Waals surface area contributed by atoms with Gasteiger partial charge in [0.15, 0.2) is 0 Å². The van der Waals surface area contributed by atoms with Gasteiger partial charge in [0.2, 0.25) is 0 Å². The molecule has 0 aliphatic heterocycles. The molecule has 21 heavy (non-hydrogen) atoms. The number of hydrogen-bond acceptors (Lipinski definition) is 1. The summed E-state index contributed by atoms with van der Waals surface area (Å²) in [6, 6.07) is 6.30. The summed E-state index contributed by atoms with van der Waals surface area (Å²) < 4.78 is 0. The van der Waals surface area contributed by atoms with E-state index in [1.807, 2.05) is 18.2 Å². The Hall–Kier alpha value is -0.240. The average molecular weight is 330 g/mol. The highest BCUT2D eigenvalue weighted by Gasteiger charge is 2.29. The predicted octanol–water partition coefficient (Wildman–Crippen LogP) is 6.12. The van der Waals surface area contributed by atoms with Crippen LogP contribution in [0.4, 0.5) is 0 Å². The summed E-state index contributed by atoms with van der Waals surface area (Å²) in [5, 5.41) is 5.21. The zero-order valence-electron chi connectivity index (χ0n) is 13.8. The molecule has 1 unspecified atom stereocenters. The zero-order chi connectivity index (χ0) is 15.9. The molecule has 1 nitrogen and oxygen atoms in total. The zero-order valence-corrected chi connectivity index (χ0v) is 15.3. The van der Waals surface area contributed by atoms with Gasteiger partial charge >= 0.3 is 0 Å². The lowest BCUT2D eigenvalue weighted by atomic mass is 9.75. The summed E-state index contributed by atoms with van der Waals surface area (Å²) in [4.78, 5) is 0. The van der Waals surface area contributed by atoms with Crippen LogP contribution in [0.5, 0.6) is 0 Å². The Morgan fingerprint density at radius 3 is 2.24 bits per heavy atom. The van der Waals surface area contributed by atoms with Gasteiger partial charge in [-0.3, -0.25) is 0 Å². The van der Waals surface area contributed by atoms with Crippen LogP contribution in [0.25, 0.3) is 0 Å². The van der Waals surface area contributed by atoms with Crippen molar-refractivity contribution < 1.29 is 0 Å². The molecule has 0 aliphatic carbocycles. The topological polar surface area (TPSA) is 12.0 Å². The Balaban J connectivity index is 2.98. The fraction of sp³-hybridized carbons (Fsp3) is 0.667. The van der Waals surface area contributed by atoms with Crippen LogP contribution in [0.15, 0.2) is 18.2 Å². The molecule has 0 amide bonds. The lowest BCUT2D eigenvalue weighted by Gasteiger charge is -2.35. The van der Waals surface area contributed by atoms with E-state index in [0.29, 0.717) is 6.04 Å². The van der Waals surface area contributed by atoms with E-state index in [9.17, 15) is 0 Å². The smallest absolute Gasteiger partial charge is 0.0453 e. The highest BCUT2D eigenvalue weighted by atomic mass is 35.5. The predicted molar refractivity (Wildman–Crippen MR) is 95.6 cm³/mol. The van der Waals surface area contributed by atoms with E-state index in [0.717, 1.165) is 35.0 Å². The van der Waals surface area contributed by atoms with E-state index in [4.69, 9.17) is 23.2 Å². The van der Waals surface area contributed by atoms with Crippen LogP contribution < -0.4 is 5.32 Å². The van der Waals surface area contributed by atoms with E-state index in [1.54, 1.807) is 0 Å². The minimum Gasteiger partial charge on any atom is -0.314 e. The van der Waals surface area contributed by atoms with Gasteiger partial charge in [-0.2, -0.15) is 0 Å². The third-order valence-electron chi connectivity index (χ3n) is 4.31. The Morgan fingerprint density at radius 2 is 1.76 bits per heavy atom.